The molecule has 2 rings (SSSR count). The van der Waals surface area contributed by atoms with Crippen molar-refractivity contribution >= 4 is 23.2 Å². The summed E-state index contributed by atoms with van der Waals surface area (Å²) >= 11 is 5.30. The van der Waals surface area contributed by atoms with Crippen molar-refractivity contribution in [2.75, 3.05) is 5.32 Å². The minimum atomic E-state index is -5.72. The van der Waals surface area contributed by atoms with E-state index in [9.17, 15) is 26.7 Å². The molecule has 1 aromatic carbocycles. The zero-order valence-electron chi connectivity index (χ0n) is 9.90. The molecule has 0 radical (unpaired) electrons. The minimum Gasteiger partial charge on any atom is -0.326 e. The van der Waals surface area contributed by atoms with Gasteiger partial charge in [0.25, 0.3) is 0 Å². The number of fused-ring (bicyclic) bond motifs is 1. The van der Waals surface area contributed by atoms with Gasteiger partial charge < -0.3 is 5.32 Å². The third-order valence-corrected chi connectivity index (χ3v) is 3.54. The first kappa shape index (κ1) is 15.0. The Kier molecular flexibility index (Phi) is 3.66. The number of anilines is 1. The lowest BCUT2D eigenvalue weighted by Gasteiger charge is -2.26. The number of alkyl halides is 6. The molecule has 0 spiro atoms. The van der Waals surface area contributed by atoms with Crippen LogP contribution in [0.4, 0.5) is 27.6 Å². The van der Waals surface area contributed by atoms with Crippen LogP contribution in [-0.4, -0.2) is 18.0 Å². The molecule has 1 aromatic rings. The molecule has 1 amide bonds. The number of amides is 1. The number of rotatable bonds is 2. The molecular weight excluding hydrogens is 305 g/mol. The molecule has 8 heteroatoms. The predicted octanol–water partition coefficient (Wildman–Crippen LogP) is 4.05. The van der Waals surface area contributed by atoms with E-state index in [2.05, 4.69) is 5.32 Å². The van der Waals surface area contributed by atoms with E-state index >= 15 is 0 Å². The molecule has 1 atom stereocenters. The van der Waals surface area contributed by atoms with Gasteiger partial charge in [-0.3, -0.25) is 4.79 Å². The van der Waals surface area contributed by atoms with Crippen LogP contribution in [0.3, 0.4) is 0 Å². The van der Waals surface area contributed by atoms with E-state index < -0.39 is 17.5 Å². The molecule has 0 bridgehead atoms. The monoisotopic (exact) mass is 313 g/mol. The third kappa shape index (κ3) is 2.59. The molecule has 1 aliphatic heterocycles. The summed E-state index contributed by atoms with van der Waals surface area (Å²) in [4.78, 5) is 11.1. The highest BCUT2D eigenvalue weighted by molar-refractivity contribution is 6.21. The third-order valence-electron chi connectivity index (χ3n) is 3.01. The van der Waals surface area contributed by atoms with Gasteiger partial charge in [0.1, 0.15) is 5.38 Å². The fourth-order valence-electron chi connectivity index (χ4n) is 1.91. The van der Waals surface area contributed by atoms with Crippen LogP contribution in [0.5, 0.6) is 0 Å². The summed E-state index contributed by atoms with van der Waals surface area (Å²) in [6.07, 6.45) is -5.29. The van der Waals surface area contributed by atoms with Crippen molar-refractivity contribution in [1.82, 2.24) is 0 Å². The van der Waals surface area contributed by atoms with Gasteiger partial charge in [-0.05, 0) is 23.6 Å². The second kappa shape index (κ2) is 4.87. The molecule has 1 N–H and O–H groups in total. The highest BCUT2D eigenvalue weighted by Gasteiger charge is 2.62. The van der Waals surface area contributed by atoms with Crippen molar-refractivity contribution < 1.29 is 26.7 Å². The molecule has 1 heterocycles. The highest BCUT2D eigenvalue weighted by atomic mass is 35.5. The lowest BCUT2D eigenvalue weighted by molar-refractivity contribution is -0.283. The quantitative estimate of drug-likeness (QED) is 0.648. The summed E-state index contributed by atoms with van der Waals surface area (Å²) in [7, 11) is 0. The number of carbonyl (C=O) groups is 1. The van der Waals surface area contributed by atoms with E-state index in [1.54, 1.807) is 0 Å². The van der Waals surface area contributed by atoms with E-state index in [-0.39, 0.29) is 24.3 Å². The molecular formula is C12H9ClF5NO. The van der Waals surface area contributed by atoms with Gasteiger partial charge in [-0.1, -0.05) is 12.1 Å². The van der Waals surface area contributed by atoms with E-state index in [4.69, 9.17) is 11.6 Å². The zero-order chi connectivity index (χ0) is 15.1. The summed E-state index contributed by atoms with van der Waals surface area (Å²) in [6, 6.07) is 3.51. The number of aryl methyl sites for hydroxylation is 1. The van der Waals surface area contributed by atoms with Crippen LogP contribution in [0.1, 0.15) is 22.9 Å². The van der Waals surface area contributed by atoms with Crippen molar-refractivity contribution in [1.29, 1.82) is 0 Å². The standard InChI is InChI=1S/C12H9ClF5NO/c13-10(11(14,15)12(16,17)18)7-1-3-8-6(5-7)2-4-9(20)19-8/h1,3,5,10H,2,4H2,(H,19,20). The fourth-order valence-corrected chi connectivity index (χ4v) is 2.17. The minimum absolute atomic E-state index is 0.152. The van der Waals surface area contributed by atoms with Crippen LogP contribution < -0.4 is 5.32 Å². The lowest BCUT2D eigenvalue weighted by Crippen LogP contribution is -2.40. The van der Waals surface area contributed by atoms with Crippen molar-refractivity contribution in [3.63, 3.8) is 0 Å². The van der Waals surface area contributed by atoms with Gasteiger partial charge in [0, 0.05) is 12.1 Å². The highest BCUT2D eigenvalue weighted by Crippen LogP contribution is 2.48. The Morgan fingerprint density at radius 3 is 2.40 bits per heavy atom. The molecule has 0 aromatic heterocycles. The Bertz CT molecular complexity index is 543. The van der Waals surface area contributed by atoms with Gasteiger partial charge >= 0.3 is 12.1 Å². The second-order valence-corrected chi connectivity index (χ2v) is 4.88. The molecule has 2 nitrogen and oxygen atoms in total. The Morgan fingerprint density at radius 1 is 1.15 bits per heavy atom. The normalized spacial score (nSPS) is 17.4. The molecule has 0 saturated heterocycles. The van der Waals surface area contributed by atoms with E-state index in [1.165, 1.54) is 12.1 Å². The summed E-state index contributed by atoms with van der Waals surface area (Å²) < 4.78 is 63.2. The maximum Gasteiger partial charge on any atom is 0.455 e. The largest absolute Gasteiger partial charge is 0.455 e. The Balaban J connectivity index is 2.33. The Hall–Kier alpha value is -1.37. The van der Waals surface area contributed by atoms with E-state index in [0.29, 0.717) is 11.3 Å². The first-order chi connectivity index (χ1) is 9.13. The van der Waals surface area contributed by atoms with Crippen LogP contribution in [0.2, 0.25) is 0 Å². The predicted molar refractivity (Wildman–Crippen MR) is 63.0 cm³/mol. The molecule has 1 unspecified atom stereocenters. The molecule has 20 heavy (non-hydrogen) atoms. The molecule has 0 aliphatic carbocycles. The Labute approximate surface area is 115 Å². The lowest BCUT2D eigenvalue weighted by atomic mass is 9.97. The van der Waals surface area contributed by atoms with Gasteiger partial charge in [0.05, 0.1) is 0 Å². The fraction of sp³-hybridized carbons (Fsp3) is 0.417. The SMILES string of the molecule is O=C1CCc2cc(C(Cl)C(F)(F)C(F)(F)F)ccc2N1. The number of hydrogen-bond donors (Lipinski definition) is 1. The summed E-state index contributed by atoms with van der Waals surface area (Å²) in [5.41, 5.74) is 0.568. The zero-order valence-corrected chi connectivity index (χ0v) is 10.7. The molecule has 0 fully saturated rings. The summed E-state index contributed by atoms with van der Waals surface area (Å²) in [6.45, 7) is 0. The molecule has 1 aliphatic rings. The van der Waals surface area contributed by atoms with Gasteiger partial charge in [0.15, 0.2) is 0 Å². The first-order valence-corrected chi connectivity index (χ1v) is 6.08. The van der Waals surface area contributed by atoms with Gasteiger partial charge in [-0.25, -0.2) is 0 Å². The van der Waals surface area contributed by atoms with Crippen molar-refractivity contribution in [2.45, 2.75) is 30.3 Å². The maximum atomic E-state index is 13.2. The number of halogens is 6. The van der Waals surface area contributed by atoms with Gasteiger partial charge in [0.2, 0.25) is 5.91 Å². The van der Waals surface area contributed by atoms with Crippen LogP contribution in [0, 0.1) is 0 Å². The van der Waals surface area contributed by atoms with Crippen LogP contribution in [0.15, 0.2) is 18.2 Å². The number of carbonyl (C=O) groups excluding carboxylic acids is 1. The average molecular weight is 314 g/mol. The van der Waals surface area contributed by atoms with Crippen molar-refractivity contribution in [2.24, 2.45) is 0 Å². The first-order valence-electron chi connectivity index (χ1n) is 5.64. The topological polar surface area (TPSA) is 29.1 Å². The van der Waals surface area contributed by atoms with Crippen LogP contribution >= 0.6 is 11.6 Å². The van der Waals surface area contributed by atoms with Crippen molar-refractivity contribution in [3.05, 3.63) is 29.3 Å². The average Bonchev–Trinajstić information content (AvgIpc) is 2.35. The number of hydrogen-bond acceptors (Lipinski definition) is 1. The smallest absolute Gasteiger partial charge is 0.326 e. The summed E-state index contributed by atoms with van der Waals surface area (Å²) in [5, 5.41) is -0.00561. The molecule has 110 valence electrons. The second-order valence-electron chi connectivity index (χ2n) is 4.45. The number of benzene rings is 1. The van der Waals surface area contributed by atoms with Gasteiger partial charge in [-0.2, -0.15) is 22.0 Å². The van der Waals surface area contributed by atoms with Crippen molar-refractivity contribution in [3.8, 4) is 0 Å². The van der Waals surface area contributed by atoms with E-state index in [0.717, 1.165) is 6.07 Å². The van der Waals surface area contributed by atoms with Crippen LogP contribution in [-0.2, 0) is 11.2 Å². The van der Waals surface area contributed by atoms with Crippen LogP contribution in [0.25, 0.3) is 0 Å². The van der Waals surface area contributed by atoms with E-state index in [1.807, 2.05) is 0 Å². The molecule has 0 saturated carbocycles. The number of nitrogens with one attached hydrogen (secondary N) is 1. The Morgan fingerprint density at radius 2 is 1.80 bits per heavy atom. The summed E-state index contributed by atoms with van der Waals surface area (Å²) in [5.74, 6) is -5.26. The van der Waals surface area contributed by atoms with Gasteiger partial charge in [-0.15, -0.1) is 11.6 Å². The maximum absolute atomic E-state index is 13.2.